The molecule has 0 fully saturated rings. The zero-order chi connectivity index (χ0) is 16.5. The lowest BCUT2D eigenvalue weighted by Gasteiger charge is -2.11. The van der Waals surface area contributed by atoms with Crippen LogP contribution in [0.15, 0.2) is 83.3 Å². The lowest BCUT2D eigenvalue weighted by molar-refractivity contribution is 0.480. The van der Waals surface area contributed by atoms with Crippen molar-refractivity contribution in [3.8, 4) is 28.1 Å². The number of hydrogen-bond acceptors (Lipinski definition) is 2. The van der Waals surface area contributed by atoms with E-state index in [1.165, 1.54) is 0 Å². The second-order valence-electron chi connectivity index (χ2n) is 5.60. The van der Waals surface area contributed by atoms with Gasteiger partial charge in [0.1, 0.15) is 11.3 Å². The summed E-state index contributed by atoms with van der Waals surface area (Å²) in [6, 6.07) is 25.8. The van der Waals surface area contributed by atoms with Gasteiger partial charge in [0.15, 0.2) is 0 Å². The molecule has 1 aromatic heterocycles. The average Bonchev–Trinajstić information content (AvgIpc) is 2.63. The number of para-hydroxylation sites is 1. The van der Waals surface area contributed by atoms with Crippen molar-refractivity contribution in [2.24, 2.45) is 0 Å². The molecule has 0 saturated heterocycles. The van der Waals surface area contributed by atoms with Gasteiger partial charge in [-0.3, -0.25) is 0 Å². The van der Waals surface area contributed by atoms with Crippen molar-refractivity contribution in [3.63, 3.8) is 0 Å². The summed E-state index contributed by atoms with van der Waals surface area (Å²) in [5, 5.41) is 11.2. The molecule has 4 aromatic rings. The molecule has 0 aliphatic rings. The largest absolute Gasteiger partial charge is 0.506 e. The summed E-state index contributed by atoms with van der Waals surface area (Å²) < 4.78 is 1.03. The van der Waals surface area contributed by atoms with Crippen LogP contribution in [0.25, 0.3) is 33.3 Å². The van der Waals surface area contributed by atoms with E-state index in [0.717, 1.165) is 32.2 Å². The summed E-state index contributed by atoms with van der Waals surface area (Å²) >= 11 is 3.46. The smallest absolute Gasteiger partial charge is 0.141 e. The Morgan fingerprint density at radius 3 is 2.25 bits per heavy atom. The first-order valence-corrected chi connectivity index (χ1v) is 8.46. The summed E-state index contributed by atoms with van der Waals surface area (Å²) in [6.45, 7) is 0. The average molecular weight is 376 g/mol. The third-order valence-corrected chi connectivity index (χ3v) is 4.57. The van der Waals surface area contributed by atoms with Gasteiger partial charge in [0.25, 0.3) is 0 Å². The number of rotatable bonds is 2. The van der Waals surface area contributed by atoms with E-state index in [1.54, 1.807) is 6.07 Å². The molecule has 0 radical (unpaired) electrons. The molecule has 0 amide bonds. The molecule has 24 heavy (non-hydrogen) atoms. The zero-order valence-corrected chi connectivity index (χ0v) is 14.4. The Morgan fingerprint density at radius 2 is 1.50 bits per heavy atom. The summed E-state index contributed by atoms with van der Waals surface area (Å²) in [5.41, 5.74) is 4.65. The Labute approximate surface area is 148 Å². The molecule has 1 heterocycles. The van der Waals surface area contributed by atoms with E-state index >= 15 is 0 Å². The SMILES string of the molecule is Oc1cccc2c(-c3ccccc3)cc(-c3ccc(Br)cc3)nc12. The van der Waals surface area contributed by atoms with Crippen LogP contribution < -0.4 is 0 Å². The number of halogens is 1. The first-order chi connectivity index (χ1) is 11.7. The molecular formula is C21H14BrNO. The zero-order valence-electron chi connectivity index (χ0n) is 12.8. The lowest BCUT2D eigenvalue weighted by Crippen LogP contribution is -1.90. The number of pyridine rings is 1. The monoisotopic (exact) mass is 375 g/mol. The van der Waals surface area contributed by atoms with Crippen LogP contribution in [0.1, 0.15) is 0 Å². The molecule has 0 unspecified atom stereocenters. The highest BCUT2D eigenvalue weighted by molar-refractivity contribution is 9.10. The second-order valence-corrected chi connectivity index (χ2v) is 6.52. The lowest BCUT2D eigenvalue weighted by atomic mass is 9.98. The molecule has 2 nitrogen and oxygen atoms in total. The third kappa shape index (κ3) is 2.68. The Morgan fingerprint density at radius 1 is 0.750 bits per heavy atom. The molecule has 1 N–H and O–H groups in total. The molecule has 0 spiro atoms. The number of phenolic OH excluding ortho intramolecular Hbond substituents is 1. The maximum absolute atomic E-state index is 10.3. The number of aromatic nitrogens is 1. The fraction of sp³-hybridized carbons (Fsp3) is 0. The van der Waals surface area contributed by atoms with Crippen LogP contribution in [-0.4, -0.2) is 10.1 Å². The van der Waals surface area contributed by atoms with Crippen molar-refractivity contribution in [2.75, 3.05) is 0 Å². The summed E-state index contributed by atoms with van der Waals surface area (Å²) in [6.07, 6.45) is 0. The fourth-order valence-corrected chi connectivity index (χ4v) is 3.12. The normalized spacial score (nSPS) is 10.9. The molecule has 0 saturated carbocycles. The van der Waals surface area contributed by atoms with Crippen molar-refractivity contribution in [2.45, 2.75) is 0 Å². The summed E-state index contributed by atoms with van der Waals surface area (Å²) in [4.78, 5) is 4.70. The van der Waals surface area contributed by atoms with Gasteiger partial charge in [0, 0.05) is 15.4 Å². The topological polar surface area (TPSA) is 33.1 Å². The molecule has 0 atom stereocenters. The number of aromatic hydroxyl groups is 1. The highest BCUT2D eigenvalue weighted by atomic mass is 79.9. The van der Waals surface area contributed by atoms with Crippen LogP contribution in [-0.2, 0) is 0 Å². The van der Waals surface area contributed by atoms with Crippen molar-refractivity contribution in [1.29, 1.82) is 0 Å². The second kappa shape index (κ2) is 6.10. The number of benzene rings is 3. The molecule has 0 bridgehead atoms. The van der Waals surface area contributed by atoms with Gasteiger partial charge in [0.05, 0.1) is 5.69 Å². The van der Waals surface area contributed by atoms with Crippen LogP contribution in [0.4, 0.5) is 0 Å². The van der Waals surface area contributed by atoms with Gasteiger partial charge < -0.3 is 5.11 Å². The van der Waals surface area contributed by atoms with E-state index in [2.05, 4.69) is 34.1 Å². The summed E-state index contributed by atoms with van der Waals surface area (Å²) in [7, 11) is 0. The van der Waals surface area contributed by atoms with Crippen LogP contribution in [0, 0.1) is 0 Å². The van der Waals surface area contributed by atoms with Crippen molar-refractivity contribution < 1.29 is 5.11 Å². The third-order valence-electron chi connectivity index (χ3n) is 4.04. The number of fused-ring (bicyclic) bond motifs is 1. The van der Waals surface area contributed by atoms with E-state index in [1.807, 2.05) is 54.6 Å². The first-order valence-electron chi connectivity index (χ1n) is 7.66. The van der Waals surface area contributed by atoms with Gasteiger partial charge >= 0.3 is 0 Å². The molecular weight excluding hydrogens is 362 g/mol. The molecule has 0 aliphatic carbocycles. The minimum Gasteiger partial charge on any atom is -0.506 e. The number of phenols is 1. The highest BCUT2D eigenvalue weighted by Crippen LogP contribution is 2.35. The molecule has 0 aliphatic heterocycles. The van der Waals surface area contributed by atoms with Gasteiger partial charge in [-0.25, -0.2) is 4.98 Å². The van der Waals surface area contributed by atoms with Gasteiger partial charge in [-0.1, -0.05) is 70.5 Å². The number of nitrogens with zero attached hydrogens (tertiary/aromatic N) is 1. The van der Waals surface area contributed by atoms with Gasteiger partial charge in [-0.05, 0) is 35.4 Å². The van der Waals surface area contributed by atoms with E-state index in [4.69, 9.17) is 4.98 Å². The molecule has 4 rings (SSSR count). The Balaban J connectivity index is 2.03. The van der Waals surface area contributed by atoms with Crippen molar-refractivity contribution in [3.05, 3.63) is 83.3 Å². The van der Waals surface area contributed by atoms with Gasteiger partial charge in [-0.15, -0.1) is 0 Å². The minimum absolute atomic E-state index is 0.198. The Kier molecular flexibility index (Phi) is 3.79. The predicted molar refractivity (Wildman–Crippen MR) is 102 cm³/mol. The summed E-state index contributed by atoms with van der Waals surface area (Å²) in [5.74, 6) is 0.198. The first kappa shape index (κ1) is 14.9. The van der Waals surface area contributed by atoms with E-state index in [9.17, 15) is 5.11 Å². The Hall–Kier alpha value is -2.65. The van der Waals surface area contributed by atoms with Crippen LogP contribution >= 0.6 is 15.9 Å². The molecule has 3 heteroatoms. The van der Waals surface area contributed by atoms with Gasteiger partial charge in [0.2, 0.25) is 0 Å². The van der Waals surface area contributed by atoms with Crippen molar-refractivity contribution in [1.82, 2.24) is 4.98 Å². The maximum atomic E-state index is 10.3. The maximum Gasteiger partial charge on any atom is 0.141 e. The van der Waals surface area contributed by atoms with Gasteiger partial charge in [-0.2, -0.15) is 0 Å². The minimum atomic E-state index is 0.198. The Bertz CT molecular complexity index is 1010. The highest BCUT2D eigenvalue weighted by Gasteiger charge is 2.11. The quantitative estimate of drug-likeness (QED) is 0.463. The van der Waals surface area contributed by atoms with Crippen molar-refractivity contribution >= 4 is 26.8 Å². The van der Waals surface area contributed by atoms with E-state index in [0.29, 0.717) is 5.52 Å². The predicted octanol–water partition coefficient (Wildman–Crippen LogP) is 6.04. The molecule has 116 valence electrons. The number of hydrogen-bond donors (Lipinski definition) is 1. The fourth-order valence-electron chi connectivity index (χ4n) is 2.86. The standard InChI is InChI=1S/C21H14BrNO/c22-16-11-9-15(10-12-16)19-13-18(14-5-2-1-3-6-14)17-7-4-8-20(24)21(17)23-19/h1-13,24H. The van der Waals surface area contributed by atoms with Crippen LogP contribution in [0.2, 0.25) is 0 Å². The van der Waals surface area contributed by atoms with E-state index < -0.39 is 0 Å². The van der Waals surface area contributed by atoms with Crippen LogP contribution in [0.5, 0.6) is 5.75 Å². The van der Waals surface area contributed by atoms with E-state index in [-0.39, 0.29) is 5.75 Å². The van der Waals surface area contributed by atoms with Crippen LogP contribution in [0.3, 0.4) is 0 Å². The molecule has 3 aromatic carbocycles.